The normalized spacial score (nSPS) is 19.4. The number of amides is 1. The number of nitrogens with one attached hydrogen (secondary N) is 1. The van der Waals surface area contributed by atoms with Gasteiger partial charge in [0.1, 0.15) is 0 Å². The average molecular weight is 395 g/mol. The van der Waals surface area contributed by atoms with Crippen molar-refractivity contribution in [1.29, 1.82) is 0 Å². The predicted octanol–water partition coefficient (Wildman–Crippen LogP) is 5.22. The van der Waals surface area contributed by atoms with Crippen LogP contribution in [0, 0.1) is 0 Å². The number of aryl methyl sites for hydroxylation is 1. The van der Waals surface area contributed by atoms with E-state index in [1.807, 2.05) is 0 Å². The molecule has 27 heavy (non-hydrogen) atoms. The van der Waals surface area contributed by atoms with Crippen LogP contribution in [0.3, 0.4) is 0 Å². The van der Waals surface area contributed by atoms with Crippen molar-refractivity contribution in [3.8, 4) is 0 Å². The summed E-state index contributed by atoms with van der Waals surface area (Å²) in [6.45, 7) is 3.42. The number of hydrogen-bond donors (Lipinski definition) is 1. The molecular weight excluding hydrogens is 377 g/mol. The van der Waals surface area contributed by atoms with Gasteiger partial charge in [-0.15, -0.1) is 6.58 Å². The third-order valence-corrected chi connectivity index (χ3v) is 4.97. The number of anilines is 2. The summed E-state index contributed by atoms with van der Waals surface area (Å²) in [5, 5.41) is 2.71. The number of nitrogens with zero attached hydrogens (tertiary/aromatic N) is 1. The van der Waals surface area contributed by atoms with Crippen molar-refractivity contribution in [1.82, 2.24) is 0 Å². The van der Waals surface area contributed by atoms with E-state index in [4.69, 9.17) is 11.6 Å². The Bertz CT molecular complexity index is 854. The highest BCUT2D eigenvalue weighted by Crippen LogP contribution is 2.48. The number of rotatable bonds is 5. The lowest BCUT2D eigenvalue weighted by Crippen LogP contribution is -2.68. The van der Waals surface area contributed by atoms with Gasteiger partial charge < -0.3 is 10.2 Å². The Morgan fingerprint density at radius 3 is 2.52 bits per heavy atom. The maximum atomic E-state index is 14.3. The smallest absolute Gasteiger partial charge is 0.344 e. The summed E-state index contributed by atoms with van der Waals surface area (Å²) in [5.74, 6) is -1.09. The molecule has 1 heterocycles. The highest BCUT2D eigenvalue weighted by atomic mass is 35.5. The first-order chi connectivity index (χ1) is 12.8. The zero-order valence-corrected chi connectivity index (χ0v) is 15.1. The monoisotopic (exact) mass is 394 g/mol. The molecule has 7 heteroatoms. The average Bonchev–Trinajstić information content (AvgIpc) is 2.62. The summed E-state index contributed by atoms with van der Waals surface area (Å²) in [6, 6.07) is 13.3. The Kier molecular flexibility index (Phi) is 5.20. The number of fused-ring (bicyclic) bond motifs is 1. The van der Waals surface area contributed by atoms with Crippen LogP contribution >= 0.6 is 11.6 Å². The number of carbonyl (C=O) groups is 1. The van der Waals surface area contributed by atoms with Gasteiger partial charge in [-0.2, -0.15) is 13.2 Å². The van der Waals surface area contributed by atoms with Crippen LogP contribution < -0.4 is 10.2 Å². The molecule has 1 aliphatic rings. The SMILES string of the molecule is C=CCN1c2cc(Cl)ccc2NC(=O)C1(CCc1ccccc1)C(F)(F)F. The predicted molar refractivity (Wildman–Crippen MR) is 101 cm³/mol. The molecule has 0 fully saturated rings. The number of carbonyl (C=O) groups excluding carboxylic acids is 1. The molecule has 0 aliphatic carbocycles. The van der Waals surface area contributed by atoms with Crippen molar-refractivity contribution in [3.63, 3.8) is 0 Å². The topological polar surface area (TPSA) is 32.3 Å². The standard InChI is InChI=1S/C20H18ClF3N2O/c1-2-12-26-17-13-15(21)8-9-16(17)25-18(27)19(26,20(22,23)24)11-10-14-6-4-3-5-7-14/h2-9,13H,1,10-12H2,(H,25,27). The van der Waals surface area contributed by atoms with Crippen LogP contribution in [0.1, 0.15) is 12.0 Å². The van der Waals surface area contributed by atoms with Crippen molar-refractivity contribution in [3.05, 3.63) is 71.8 Å². The minimum atomic E-state index is -4.80. The van der Waals surface area contributed by atoms with Crippen LogP contribution in [0.15, 0.2) is 61.2 Å². The fourth-order valence-corrected chi connectivity index (χ4v) is 3.58. The van der Waals surface area contributed by atoms with Crippen LogP contribution in [0.25, 0.3) is 0 Å². The van der Waals surface area contributed by atoms with E-state index in [1.165, 1.54) is 24.3 Å². The van der Waals surface area contributed by atoms with Crippen LogP contribution in [-0.4, -0.2) is 24.2 Å². The van der Waals surface area contributed by atoms with Crippen LogP contribution in [0.2, 0.25) is 5.02 Å². The molecule has 1 amide bonds. The summed E-state index contributed by atoms with van der Waals surface area (Å²) in [7, 11) is 0. The van der Waals surface area contributed by atoms with E-state index in [0.717, 1.165) is 10.5 Å². The molecule has 2 aromatic carbocycles. The van der Waals surface area contributed by atoms with Gasteiger partial charge in [0, 0.05) is 11.6 Å². The molecule has 0 aromatic heterocycles. The van der Waals surface area contributed by atoms with E-state index < -0.39 is 24.0 Å². The molecule has 3 rings (SSSR count). The van der Waals surface area contributed by atoms with Crippen molar-refractivity contribution >= 4 is 28.9 Å². The molecule has 1 aliphatic heterocycles. The van der Waals surface area contributed by atoms with Crippen LogP contribution in [-0.2, 0) is 11.2 Å². The summed E-state index contributed by atoms with van der Waals surface area (Å²) < 4.78 is 43.0. The van der Waals surface area contributed by atoms with Gasteiger partial charge in [0.2, 0.25) is 5.54 Å². The molecule has 0 spiro atoms. The minimum absolute atomic E-state index is 0.0946. The van der Waals surface area contributed by atoms with Crippen molar-refractivity contribution < 1.29 is 18.0 Å². The molecule has 3 nitrogen and oxygen atoms in total. The second-order valence-corrected chi connectivity index (χ2v) is 6.79. The minimum Gasteiger partial charge on any atom is -0.344 e. The molecule has 0 saturated heterocycles. The molecule has 0 radical (unpaired) electrons. The molecule has 0 saturated carbocycles. The van der Waals surface area contributed by atoms with Gasteiger partial charge in [-0.25, -0.2) is 0 Å². The quantitative estimate of drug-likeness (QED) is 0.705. The highest BCUT2D eigenvalue weighted by Gasteiger charge is 2.65. The van der Waals surface area contributed by atoms with Crippen molar-refractivity contribution in [2.45, 2.75) is 24.6 Å². The Hall–Kier alpha value is -2.47. The van der Waals surface area contributed by atoms with Gasteiger partial charge in [0.15, 0.2) is 0 Å². The first-order valence-electron chi connectivity index (χ1n) is 8.40. The zero-order valence-electron chi connectivity index (χ0n) is 14.4. The van der Waals surface area contributed by atoms with Crippen LogP contribution in [0.4, 0.5) is 24.5 Å². The van der Waals surface area contributed by atoms with Crippen molar-refractivity contribution in [2.75, 3.05) is 16.8 Å². The summed E-state index contributed by atoms with van der Waals surface area (Å²) >= 11 is 6.01. The Balaban J connectivity index is 2.11. The third kappa shape index (κ3) is 3.41. The molecule has 142 valence electrons. The van der Waals surface area contributed by atoms with Gasteiger partial charge in [-0.1, -0.05) is 48.0 Å². The Morgan fingerprint density at radius 2 is 1.89 bits per heavy atom. The fourth-order valence-electron chi connectivity index (χ4n) is 3.41. The second kappa shape index (κ2) is 7.27. The van der Waals surface area contributed by atoms with Crippen LogP contribution in [0.5, 0.6) is 0 Å². The number of hydrogen-bond acceptors (Lipinski definition) is 2. The van der Waals surface area contributed by atoms with E-state index in [2.05, 4.69) is 11.9 Å². The highest BCUT2D eigenvalue weighted by molar-refractivity contribution is 6.31. The number of halogens is 4. The van der Waals surface area contributed by atoms with Crippen molar-refractivity contribution in [2.24, 2.45) is 0 Å². The molecule has 2 aromatic rings. The first-order valence-corrected chi connectivity index (χ1v) is 8.77. The maximum absolute atomic E-state index is 14.3. The van der Waals surface area contributed by atoms with E-state index in [0.29, 0.717) is 5.69 Å². The third-order valence-electron chi connectivity index (χ3n) is 4.73. The zero-order chi connectivity index (χ0) is 19.7. The summed E-state index contributed by atoms with van der Waals surface area (Å²) in [5.41, 5.74) is -1.46. The number of alkyl halides is 3. The Morgan fingerprint density at radius 1 is 1.19 bits per heavy atom. The molecule has 1 N–H and O–H groups in total. The molecule has 1 unspecified atom stereocenters. The number of benzene rings is 2. The maximum Gasteiger partial charge on any atom is 0.420 e. The van der Waals surface area contributed by atoms with Gasteiger partial charge >= 0.3 is 6.18 Å². The molecule has 0 bridgehead atoms. The van der Waals surface area contributed by atoms with E-state index in [1.54, 1.807) is 30.3 Å². The second-order valence-electron chi connectivity index (χ2n) is 6.36. The summed E-state index contributed by atoms with van der Waals surface area (Å²) in [4.78, 5) is 13.8. The van der Waals surface area contributed by atoms with E-state index in [-0.39, 0.29) is 23.7 Å². The van der Waals surface area contributed by atoms with E-state index in [9.17, 15) is 18.0 Å². The summed E-state index contributed by atoms with van der Waals surface area (Å²) in [6.07, 6.45) is -3.77. The molecule has 1 atom stereocenters. The fraction of sp³-hybridized carbons (Fsp3) is 0.250. The van der Waals surface area contributed by atoms with Gasteiger partial charge in [0.25, 0.3) is 5.91 Å². The lowest BCUT2D eigenvalue weighted by atomic mass is 9.84. The molecular formula is C20H18ClF3N2O. The van der Waals surface area contributed by atoms with Gasteiger partial charge in [-0.3, -0.25) is 4.79 Å². The van der Waals surface area contributed by atoms with Gasteiger partial charge in [0.05, 0.1) is 11.4 Å². The largest absolute Gasteiger partial charge is 0.420 e. The Labute approximate surface area is 160 Å². The first kappa shape index (κ1) is 19.3. The van der Waals surface area contributed by atoms with E-state index >= 15 is 0 Å². The lowest BCUT2D eigenvalue weighted by Gasteiger charge is -2.48. The lowest BCUT2D eigenvalue weighted by molar-refractivity contribution is -0.191. The van der Waals surface area contributed by atoms with Gasteiger partial charge in [-0.05, 0) is 36.6 Å².